The standard InChI is InChI=1S/C10H14O4/c1-5-7(2)10(12)14-6-8(3)9(11)13-4/h5H,3,6H2,1-2,4H3/b7-5+. The van der Waals surface area contributed by atoms with Crippen molar-refractivity contribution in [1.29, 1.82) is 0 Å². The maximum absolute atomic E-state index is 11.1. The van der Waals surface area contributed by atoms with E-state index in [1.54, 1.807) is 19.9 Å². The summed E-state index contributed by atoms with van der Waals surface area (Å²) in [7, 11) is 1.24. The fraction of sp³-hybridized carbons (Fsp3) is 0.400. The zero-order valence-corrected chi connectivity index (χ0v) is 8.62. The van der Waals surface area contributed by atoms with Gasteiger partial charge in [-0.3, -0.25) is 0 Å². The molecule has 0 atom stereocenters. The Bertz CT molecular complexity index is 276. The average molecular weight is 198 g/mol. The first kappa shape index (κ1) is 12.4. The van der Waals surface area contributed by atoms with Gasteiger partial charge in [0.05, 0.1) is 12.7 Å². The van der Waals surface area contributed by atoms with Crippen LogP contribution in [0.5, 0.6) is 0 Å². The van der Waals surface area contributed by atoms with Crippen LogP contribution < -0.4 is 0 Å². The molecular formula is C10H14O4. The van der Waals surface area contributed by atoms with E-state index in [4.69, 9.17) is 4.74 Å². The minimum absolute atomic E-state index is 0.116. The summed E-state index contributed by atoms with van der Waals surface area (Å²) in [6.45, 7) is 6.63. The van der Waals surface area contributed by atoms with Gasteiger partial charge < -0.3 is 9.47 Å². The Morgan fingerprint density at radius 2 is 1.93 bits per heavy atom. The van der Waals surface area contributed by atoms with E-state index < -0.39 is 11.9 Å². The smallest absolute Gasteiger partial charge is 0.336 e. The number of allylic oxidation sites excluding steroid dienone is 1. The third-order valence-corrected chi connectivity index (χ3v) is 1.61. The van der Waals surface area contributed by atoms with Gasteiger partial charge in [-0.2, -0.15) is 0 Å². The Kier molecular flexibility index (Phi) is 5.29. The number of esters is 2. The zero-order valence-electron chi connectivity index (χ0n) is 8.62. The van der Waals surface area contributed by atoms with Gasteiger partial charge in [-0.25, -0.2) is 9.59 Å². The summed E-state index contributed by atoms with van der Waals surface area (Å²) in [6.07, 6.45) is 1.63. The lowest BCUT2D eigenvalue weighted by molar-refractivity contribution is -0.140. The van der Waals surface area contributed by atoms with Crippen molar-refractivity contribution in [3.63, 3.8) is 0 Å². The minimum atomic E-state index is -0.573. The Morgan fingerprint density at radius 1 is 1.36 bits per heavy atom. The highest BCUT2D eigenvalue weighted by molar-refractivity contribution is 5.90. The van der Waals surface area contributed by atoms with Crippen molar-refractivity contribution in [2.75, 3.05) is 13.7 Å². The molecule has 0 aliphatic carbocycles. The van der Waals surface area contributed by atoms with Crippen molar-refractivity contribution in [3.8, 4) is 0 Å². The number of rotatable bonds is 4. The second kappa shape index (κ2) is 5.96. The molecule has 78 valence electrons. The van der Waals surface area contributed by atoms with Gasteiger partial charge in [-0.15, -0.1) is 0 Å². The summed E-state index contributed by atoms with van der Waals surface area (Å²) < 4.78 is 9.16. The molecule has 0 amide bonds. The Morgan fingerprint density at radius 3 is 2.36 bits per heavy atom. The third-order valence-electron chi connectivity index (χ3n) is 1.61. The number of carbonyl (C=O) groups excluding carboxylic acids is 2. The average Bonchev–Trinajstić information content (AvgIpc) is 2.22. The summed E-state index contributed by atoms with van der Waals surface area (Å²) >= 11 is 0. The predicted molar refractivity (Wildman–Crippen MR) is 51.5 cm³/mol. The Balaban J connectivity index is 4.02. The highest BCUT2D eigenvalue weighted by atomic mass is 16.5. The molecule has 4 heteroatoms. The van der Waals surface area contributed by atoms with E-state index in [9.17, 15) is 9.59 Å². The van der Waals surface area contributed by atoms with Crippen LogP contribution in [-0.4, -0.2) is 25.7 Å². The van der Waals surface area contributed by atoms with Gasteiger partial charge in [0, 0.05) is 5.57 Å². The Labute approximate surface area is 83.2 Å². The van der Waals surface area contributed by atoms with Crippen molar-refractivity contribution in [3.05, 3.63) is 23.8 Å². The molecule has 0 aliphatic heterocycles. The normalized spacial score (nSPS) is 10.6. The van der Waals surface area contributed by atoms with Crippen LogP contribution in [0, 0.1) is 0 Å². The maximum atomic E-state index is 11.1. The highest BCUT2D eigenvalue weighted by Gasteiger charge is 2.10. The van der Waals surface area contributed by atoms with Crippen LogP contribution in [0.1, 0.15) is 13.8 Å². The lowest BCUT2D eigenvalue weighted by Crippen LogP contribution is -2.13. The van der Waals surface area contributed by atoms with E-state index >= 15 is 0 Å². The van der Waals surface area contributed by atoms with Crippen LogP contribution in [0.25, 0.3) is 0 Å². The van der Waals surface area contributed by atoms with Crippen LogP contribution in [0.4, 0.5) is 0 Å². The van der Waals surface area contributed by atoms with Crippen LogP contribution >= 0.6 is 0 Å². The molecule has 0 rings (SSSR count). The number of ether oxygens (including phenoxy) is 2. The van der Waals surface area contributed by atoms with Gasteiger partial charge in [-0.1, -0.05) is 12.7 Å². The molecule has 0 aliphatic rings. The molecule has 0 saturated carbocycles. The van der Waals surface area contributed by atoms with Gasteiger partial charge in [0.2, 0.25) is 0 Å². The predicted octanol–water partition coefficient (Wildman–Crippen LogP) is 1.22. The molecule has 0 N–H and O–H groups in total. The van der Waals surface area contributed by atoms with Gasteiger partial charge >= 0.3 is 11.9 Å². The van der Waals surface area contributed by atoms with E-state index in [1.807, 2.05) is 0 Å². The molecule has 0 aromatic rings. The maximum Gasteiger partial charge on any atom is 0.336 e. The molecule has 0 aromatic heterocycles. The van der Waals surface area contributed by atoms with Gasteiger partial charge in [0.15, 0.2) is 0 Å². The van der Waals surface area contributed by atoms with E-state index in [1.165, 1.54) is 7.11 Å². The summed E-state index contributed by atoms with van der Waals surface area (Å²) in [5.74, 6) is -1.03. The fourth-order valence-corrected chi connectivity index (χ4v) is 0.588. The molecule has 4 nitrogen and oxygen atoms in total. The fourth-order valence-electron chi connectivity index (χ4n) is 0.588. The van der Waals surface area contributed by atoms with E-state index in [0.717, 1.165) is 0 Å². The first-order valence-corrected chi connectivity index (χ1v) is 4.09. The first-order chi connectivity index (χ1) is 6.52. The number of hydrogen-bond acceptors (Lipinski definition) is 4. The molecule has 0 heterocycles. The molecule has 0 unspecified atom stereocenters. The van der Waals surface area contributed by atoms with Gasteiger partial charge in [0.25, 0.3) is 0 Å². The number of methoxy groups -OCH3 is 1. The minimum Gasteiger partial charge on any atom is -0.466 e. The van der Waals surface area contributed by atoms with Gasteiger partial charge in [-0.05, 0) is 13.8 Å². The van der Waals surface area contributed by atoms with E-state index in [2.05, 4.69) is 11.3 Å². The molecule has 14 heavy (non-hydrogen) atoms. The summed E-state index contributed by atoms with van der Waals surface area (Å²) in [4.78, 5) is 21.9. The second-order valence-corrected chi connectivity index (χ2v) is 2.64. The largest absolute Gasteiger partial charge is 0.466 e. The molecule has 0 radical (unpaired) electrons. The van der Waals surface area contributed by atoms with Crippen molar-refractivity contribution in [2.24, 2.45) is 0 Å². The monoisotopic (exact) mass is 198 g/mol. The quantitative estimate of drug-likeness (QED) is 0.503. The van der Waals surface area contributed by atoms with Crippen molar-refractivity contribution < 1.29 is 19.1 Å². The molecule has 0 fully saturated rings. The highest BCUT2D eigenvalue weighted by Crippen LogP contribution is 2.00. The second-order valence-electron chi connectivity index (χ2n) is 2.64. The number of carbonyl (C=O) groups is 2. The summed E-state index contributed by atoms with van der Waals surface area (Å²) in [5, 5.41) is 0. The SMILES string of the molecule is C=C(COC(=O)/C(C)=C/C)C(=O)OC. The van der Waals surface area contributed by atoms with Crippen molar-refractivity contribution in [1.82, 2.24) is 0 Å². The van der Waals surface area contributed by atoms with Crippen molar-refractivity contribution >= 4 is 11.9 Å². The molecular weight excluding hydrogens is 184 g/mol. The molecule has 0 spiro atoms. The number of hydrogen-bond donors (Lipinski definition) is 0. The summed E-state index contributed by atoms with van der Waals surface area (Å²) in [6, 6.07) is 0. The van der Waals surface area contributed by atoms with E-state index in [-0.39, 0.29) is 12.2 Å². The zero-order chi connectivity index (χ0) is 11.1. The molecule has 0 bridgehead atoms. The van der Waals surface area contributed by atoms with Gasteiger partial charge in [0.1, 0.15) is 6.61 Å². The third kappa shape index (κ3) is 3.89. The lowest BCUT2D eigenvalue weighted by Gasteiger charge is -2.05. The van der Waals surface area contributed by atoms with Crippen LogP contribution in [0.15, 0.2) is 23.8 Å². The summed E-state index contributed by atoms with van der Waals surface area (Å²) in [5.41, 5.74) is 0.604. The van der Waals surface area contributed by atoms with E-state index in [0.29, 0.717) is 5.57 Å². The topological polar surface area (TPSA) is 52.6 Å². The molecule has 0 aromatic carbocycles. The van der Waals surface area contributed by atoms with Crippen LogP contribution in [0.2, 0.25) is 0 Å². The molecule has 0 saturated heterocycles. The van der Waals surface area contributed by atoms with Crippen LogP contribution in [0.3, 0.4) is 0 Å². The Hall–Kier alpha value is -1.58. The van der Waals surface area contributed by atoms with Crippen LogP contribution in [-0.2, 0) is 19.1 Å². The lowest BCUT2D eigenvalue weighted by atomic mass is 10.3. The first-order valence-electron chi connectivity index (χ1n) is 4.09. The van der Waals surface area contributed by atoms with Crippen molar-refractivity contribution in [2.45, 2.75) is 13.8 Å².